The second-order valence-corrected chi connectivity index (χ2v) is 8.21. The summed E-state index contributed by atoms with van der Waals surface area (Å²) in [5, 5.41) is 0.409. The van der Waals surface area contributed by atoms with Crippen LogP contribution in [-0.2, 0) is 4.79 Å². The van der Waals surface area contributed by atoms with Crippen LogP contribution in [0.25, 0.3) is 0 Å². The van der Waals surface area contributed by atoms with Crippen molar-refractivity contribution in [2.75, 3.05) is 4.90 Å². The molecule has 2 fully saturated rings. The zero-order valence-electron chi connectivity index (χ0n) is 12.1. The molecule has 0 saturated carbocycles. The van der Waals surface area contributed by atoms with Gasteiger partial charge in [0.05, 0.1) is 10.9 Å². The quantitative estimate of drug-likeness (QED) is 0.576. The third-order valence-electron chi connectivity index (χ3n) is 4.44. The maximum Gasteiger partial charge on any atom is 0.242 e. The standard InChI is InChI=1S/C18H16BrNOS/c1-11-7-9-13(10-8-11)20-15-14(19)16(22-17(15)18(20)21)12-5-3-2-4-6-12/h2-10,14-17H,1H3/t14-,15+,16+,17-/m0/s1. The lowest BCUT2D eigenvalue weighted by molar-refractivity contribution is -0.123. The molecule has 0 aromatic heterocycles. The highest BCUT2D eigenvalue weighted by Gasteiger charge is 2.59. The van der Waals surface area contributed by atoms with Gasteiger partial charge < -0.3 is 4.90 Å². The minimum absolute atomic E-state index is 0.0795. The number of amides is 1. The van der Waals surface area contributed by atoms with Gasteiger partial charge in [-0.1, -0.05) is 64.0 Å². The Morgan fingerprint density at radius 1 is 1.00 bits per heavy atom. The SMILES string of the molecule is Cc1ccc(N2C(=O)[C@H]3S[C@H](c4ccccc4)[C@@H](Br)[C@H]32)cc1. The number of nitrogens with zero attached hydrogens (tertiary/aromatic N) is 1. The Labute approximate surface area is 143 Å². The van der Waals surface area contributed by atoms with E-state index in [-0.39, 0.29) is 22.0 Å². The predicted molar refractivity (Wildman–Crippen MR) is 95.7 cm³/mol. The van der Waals surface area contributed by atoms with E-state index in [9.17, 15) is 4.79 Å². The van der Waals surface area contributed by atoms with Gasteiger partial charge in [0.15, 0.2) is 0 Å². The summed E-state index contributed by atoms with van der Waals surface area (Å²) in [5.74, 6) is 0.238. The smallest absolute Gasteiger partial charge is 0.242 e. The van der Waals surface area contributed by atoms with Crippen LogP contribution in [0.2, 0.25) is 0 Å². The first-order chi connectivity index (χ1) is 10.7. The molecule has 0 N–H and O–H groups in total. The third-order valence-corrected chi connectivity index (χ3v) is 7.49. The number of thioether (sulfide) groups is 1. The van der Waals surface area contributed by atoms with Crippen LogP contribution in [0, 0.1) is 6.92 Å². The van der Waals surface area contributed by atoms with Crippen LogP contribution in [0.3, 0.4) is 0 Å². The second-order valence-electron chi connectivity index (χ2n) is 5.87. The minimum Gasteiger partial charge on any atom is -0.305 e. The van der Waals surface area contributed by atoms with Crippen molar-refractivity contribution in [3.8, 4) is 0 Å². The molecule has 0 bridgehead atoms. The Bertz CT molecular complexity index is 703. The van der Waals surface area contributed by atoms with Gasteiger partial charge in [-0.25, -0.2) is 0 Å². The highest BCUT2D eigenvalue weighted by Crippen LogP contribution is 2.55. The van der Waals surface area contributed by atoms with Gasteiger partial charge in [0.2, 0.25) is 5.91 Å². The summed E-state index contributed by atoms with van der Waals surface area (Å²) in [4.78, 5) is 14.8. The average Bonchev–Trinajstić information content (AvgIpc) is 2.84. The fourth-order valence-corrected chi connectivity index (χ4v) is 6.30. The lowest BCUT2D eigenvalue weighted by atomic mass is 9.93. The number of β-lactam (4-membered cyclic amide) rings is 1. The van der Waals surface area contributed by atoms with Crippen molar-refractivity contribution in [3.05, 3.63) is 65.7 Å². The number of aryl methyl sites for hydroxylation is 1. The van der Waals surface area contributed by atoms with E-state index in [4.69, 9.17) is 0 Å². The second kappa shape index (κ2) is 5.43. The van der Waals surface area contributed by atoms with Crippen LogP contribution in [0.1, 0.15) is 16.4 Å². The minimum atomic E-state index is 0.0795. The predicted octanol–water partition coefficient (Wildman–Crippen LogP) is 4.33. The molecule has 2 aliphatic heterocycles. The normalized spacial score (nSPS) is 30.1. The maximum atomic E-state index is 12.5. The molecule has 0 spiro atoms. The van der Waals surface area contributed by atoms with Crippen LogP contribution < -0.4 is 4.90 Å². The van der Waals surface area contributed by atoms with Crippen molar-refractivity contribution < 1.29 is 4.79 Å². The molecule has 22 heavy (non-hydrogen) atoms. The molecule has 4 atom stereocenters. The van der Waals surface area contributed by atoms with Crippen molar-refractivity contribution in [2.45, 2.75) is 28.3 Å². The number of fused-ring (bicyclic) bond motifs is 1. The third kappa shape index (κ3) is 2.12. The molecule has 2 aromatic carbocycles. The fourth-order valence-electron chi connectivity index (χ4n) is 3.25. The first-order valence-corrected chi connectivity index (χ1v) is 9.27. The molecule has 1 amide bonds. The molecule has 2 aromatic rings. The van der Waals surface area contributed by atoms with Crippen molar-refractivity contribution in [1.82, 2.24) is 0 Å². The fraction of sp³-hybridized carbons (Fsp3) is 0.278. The number of carbonyl (C=O) groups is 1. The molecule has 2 nitrogen and oxygen atoms in total. The first-order valence-electron chi connectivity index (χ1n) is 7.41. The highest BCUT2D eigenvalue weighted by molar-refractivity contribution is 9.09. The lowest BCUT2D eigenvalue weighted by Crippen LogP contribution is -2.64. The molecular weight excluding hydrogens is 358 g/mol. The Morgan fingerprint density at radius 3 is 2.36 bits per heavy atom. The lowest BCUT2D eigenvalue weighted by Gasteiger charge is -2.44. The highest BCUT2D eigenvalue weighted by atomic mass is 79.9. The Balaban J connectivity index is 1.62. The summed E-state index contributed by atoms with van der Waals surface area (Å²) in [6.07, 6.45) is 0. The molecule has 0 aliphatic carbocycles. The van der Waals surface area contributed by atoms with Gasteiger partial charge in [0.25, 0.3) is 0 Å². The topological polar surface area (TPSA) is 20.3 Å². The van der Waals surface area contributed by atoms with E-state index in [2.05, 4.69) is 59.3 Å². The van der Waals surface area contributed by atoms with E-state index < -0.39 is 0 Å². The monoisotopic (exact) mass is 373 g/mol. The van der Waals surface area contributed by atoms with Gasteiger partial charge in [0.1, 0.15) is 5.25 Å². The summed E-state index contributed by atoms with van der Waals surface area (Å²) in [5.41, 5.74) is 3.52. The van der Waals surface area contributed by atoms with E-state index in [0.717, 1.165) is 5.69 Å². The van der Waals surface area contributed by atoms with E-state index in [1.54, 1.807) is 11.8 Å². The molecule has 4 rings (SSSR count). The van der Waals surface area contributed by atoms with Crippen LogP contribution in [0.15, 0.2) is 54.6 Å². The van der Waals surface area contributed by atoms with E-state index >= 15 is 0 Å². The summed E-state index contributed by atoms with van der Waals surface area (Å²) in [6, 6.07) is 18.9. The number of benzene rings is 2. The van der Waals surface area contributed by atoms with Gasteiger partial charge in [-0.3, -0.25) is 4.79 Å². The number of halogens is 1. The molecule has 2 aliphatic rings. The van der Waals surface area contributed by atoms with E-state index in [1.807, 2.05) is 23.1 Å². The molecule has 0 unspecified atom stereocenters. The summed E-state index contributed by atoms with van der Waals surface area (Å²) >= 11 is 5.66. The Kier molecular flexibility index (Phi) is 3.54. The molecular formula is C18H16BrNOS. The molecule has 2 saturated heterocycles. The van der Waals surface area contributed by atoms with Crippen molar-refractivity contribution in [3.63, 3.8) is 0 Å². The van der Waals surface area contributed by atoms with Crippen LogP contribution in [0.4, 0.5) is 5.69 Å². The number of anilines is 1. The van der Waals surface area contributed by atoms with Crippen LogP contribution in [-0.4, -0.2) is 22.0 Å². The molecule has 2 heterocycles. The van der Waals surface area contributed by atoms with E-state index in [0.29, 0.717) is 5.25 Å². The van der Waals surface area contributed by atoms with Gasteiger partial charge in [-0.15, -0.1) is 11.8 Å². The molecule has 0 radical (unpaired) electrons. The van der Waals surface area contributed by atoms with Gasteiger partial charge in [0, 0.05) is 10.9 Å². The van der Waals surface area contributed by atoms with Crippen molar-refractivity contribution in [2.24, 2.45) is 0 Å². The average molecular weight is 374 g/mol. The summed E-state index contributed by atoms with van der Waals surface area (Å²) < 4.78 is 0. The molecule has 4 heteroatoms. The number of carbonyl (C=O) groups excluding carboxylic acids is 1. The number of hydrogen-bond donors (Lipinski definition) is 0. The number of alkyl halides is 1. The Morgan fingerprint density at radius 2 is 1.68 bits per heavy atom. The molecule has 112 valence electrons. The first kappa shape index (κ1) is 14.3. The maximum absolute atomic E-state index is 12.5. The van der Waals surface area contributed by atoms with Crippen molar-refractivity contribution >= 4 is 39.3 Å². The summed E-state index contributed by atoms with van der Waals surface area (Å²) in [7, 11) is 0. The summed E-state index contributed by atoms with van der Waals surface area (Å²) in [6.45, 7) is 2.06. The van der Waals surface area contributed by atoms with Crippen molar-refractivity contribution in [1.29, 1.82) is 0 Å². The largest absolute Gasteiger partial charge is 0.305 e. The zero-order valence-corrected chi connectivity index (χ0v) is 14.5. The van der Waals surface area contributed by atoms with Gasteiger partial charge in [-0.05, 0) is 24.6 Å². The zero-order chi connectivity index (χ0) is 15.3. The van der Waals surface area contributed by atoms with Gasteiger partial charge >= 0.3 is 0 Å². The van der Waals surface area contributed by atoms with Crippen LogP contribution in [0.5, 0.6) is 0 Å². The van der Waals surface area contributed by atoms with Crippen LogP contribution >= 0.6 is 27.7 Å². The Hall–Kier alpha value is -1.26. The number of rotatable bonds is 2. The van der Waals surface area contributed by atoms with Gasteiger partial charge in [-0.2, -0.15) is 0 Å². The van der Waals surface area contributed by atoms with E-state index in [1.165, 1.54) is 11.1 Å². The number of hydrogen-bond acceptors (Lipinski definition) is 2.